The molecule has 0 amide bonds. The monoisotopic (exact) mass is 358 g/mol. The van der Waals surface area contributed by atoms with Crippen molar-refractivity contribution in [2.24, 2.45) is 5.92 Å². The zero-order valence-electron chi connectivity index (χ0n) is 15.1. The standard InChI is InChI=1S/C20H22O6/c1-22-15-9-16(23-2)20(17(10-15)24-3)26-12-14-11-25-19(18(14)21)13-7-5-4-6-8-13/h4-10,14,19H,11-12H2,1-3H3/t14-,19-/m0/s1. The third kappa shape index (κ3) is 3.60. The summed E-state index contributed by atoms with van der Waals surface area (Å²) in [5, 5.41) is 0. The fraction of sp³-hybridized carbons (Fsp3) is 0.350. The number of methoxy groups -OCH3 is 3. The van der Waals surface area contributed by atoms with Crippen LogP contribution in [0, 0.1) is 5.92 Å². The van der Waals surface area contributed by atoms with Crippen LogP contribution in [0.3, 0.4) is 0 Å². The third-order valence-electron chi connectivity index (χ3n) is 4.33. The van der Waals surface area contributed by atoms with Crippen molar-refractivity contribution < 1.29 is 28.5 Å². The average Bonchev–Trinajstić information content (AvgIpc) is 3.06. The van der Waals surface area contributed by atoms with Gasteiger partial charge in [-0.1, -0.05) is 30.3 Å². The summed E-state index contributed by atoms with van der Waals surface area (Å²) in [5.41, 5.74) is 0.861. The highest BCUT2D eigenvalue weighted by molar-refractivity contribution is 5.88. The van der Waals surface area contributed by atoms with Crippen molar-refractivity contribution in [1.29, 1.82) is 0 Å². The van der Waals surface area contributed by atoms with E-state index in [2.05, 4.69) is 0 Å². The molecule has 26 heavy (non-hydrogen) atoms. The Hall–Kier alpha value is -2.73. The predicted molar refractivity (Wildman–Crippen MR) is 95.2 cm³/mol. The van der Waals surface area contributed by atoms with Gasteiger partial charge in [0.2, 0.25) is 5.75 Å². The molecule has 0 aromatic heterocycles. The molecule has 1 aliphatic rings. The van der Waals surface area contributed by atoms with Crippen LogP contribution in [-0.4, -0.2) is 40.3 Å². The highest BCUT2D eigenvalue weighted by Gasteiger charge is 2.37. The Kier molecular flexibility index (Phi) is 5.63. The SMILES string of the molecule is COc1cc(OC)c(OC[C@@H]2CO[C@@H](c3ccccc3)C2=O)c(OC)c1. The first-order valence-electron chi connectivity index (χ1n) is 8.31. The highest BCUT2D eigenvalue weighted by atomic mass is 16.5. The number of rotatable bonds is 7. The van der Waals surface area contributed by atoms with E-state index in [1.54, 1.807) is 19.2 Å². The molecule has 6 heteroatoms. The molecule has 0 N–H and O–H groups in total. The number of hydrogen-bond acceptors (Lipinski definition) is 6. The third-order valence-corrected chi connectivity index (χ3v) is 4.33. The van der Waals surface area contributed by atoms with Gasteiger partial charge in [-0.3, -0.25) is 4.79 Å². The van der Waals surface area contributed by atoms with Crippen LogP contribution in [0.15, 0.2) is 42.5 Å². The number of benzene rings is 2. The maximum atomic E-state index is 12.6. The number of carbonyl (C=O) groups is 1. The molecule has 138 valence electrons. The largest absolute Gasteiger partial charge is 0.496 e. The van der Waals surface area contributed by atoms with E-state index in [1.165, 1.54) is 14.2 Å². The van der Waals surface area contributed by atoms with Gasteiger partial charge < -0.3 is 23.7 Å². The lowest BCUT2D eigenvalue weighted by Crippen LogP contribution is -2.21. The van der Waals surface area contributed by atoms with Gasteiger partial charge in [0, 0.05) is 12.1 Å². The van der Waals surface area contributed by atoms with E-state index < -0.39 is 6.10 Å². The van der Waals surface area contributed by atoms with E-state index in [1.807, 2.05) is 30.3 Å². The highest BCUT2D eigenvalue weighted by Crippen LogP contribution is 2.41. The van der Waals surface area contributed by atoms with Gasteiger partial charge in [-0.25, -0.2) is 0 Å². The molecular weight excluding hydrogens is 336 g/mol. The maximum absolute atomic E-state index is 12.6. The first-order chi connectivity index (χ1) is 12.7. The van der Waals surface area contributed by atoms with Crippen molar-refractivity contribution in [3.8, 4) is 23.0 Å². The van der Waals surface area contributed by atoms with Crippen molar-refractivity contribution in [3.63, 3.8) is 0 Å². The molecule has 2 aromatic carbocycles. The van der Waals surface area contributed by atoms with Gasteiger partial charge in [-0.15, -0.1) is 0 Å². The Balaban J connectivity index is 1.73. The summed E-state index contributed by atoms with van der Waals surface area (Å²) in [7, 11) is 4.64. The molecule has 0 unspecified atom stereocenters. The van der Waals surface area contributed by atoms with Crippen molar-refractivity contribution in [2.45, 2.75) is 6.10 Å². The molecule has 1 fully saturated rings. The van der Waals surface area contributed by atoms with Crippen molar-refractivity contribution >= 4 is 5.78 Å². The summed E-state index contributed by atoms with van der Waals surface area (Å²) in [6.07, 6.45) is -0.538. The lowest BCUT2D eigenvalue weighted by Gasteiger charge is -2.17. The first-order valence-corrected chi connectivity index (χ1v) is 8.31. The molecule has 3 rings (SSSR count). The van der Waals surface area contributed by atoms with E-state index in [4.69, 9.17) is 23.7 Å². The van der Waals surface area contributed by atoms with Gasteiger partial charge in [0.25, 0.3) is 0 Å². The summed E-state index contributed by atoms with van der Waals surface area (Å²) in [6, 6.07) is 12.9. The second-order valence-corrected chi connectivity index (χ2v) is 5.90. The molecule has 1 aliphatic heterocycles. The Bertz CT molecular complexity index is 733. The van der Waals surface area contributed by atoms with Crippen LogP contribution in [0.5, 0.6) is 23.0 Å². The topological polar surface area (TPSA) is 63.2 Å². The van der Waals surface area contributed by atoms with E-state index >= 15 is 0 Å². The van der Waals surface area contributed by atoms with E-state index in [0.29, 0.717) is 29.6 Å². The molecule has 2 aromatic rings. The number of carbonyl (C=O) groups excluding carboxylic acids is 1. The molecule has 1 heterocycles. The molecule has 0 spiro atoms. The molecular formula is C20H22O6. The molecule has 0 radical (unpaired) electrons. The number of ketones is 1. The van der Waals surface area contributed by atoms with Gasteiger partial charge in [0.05, 0.1) is 33.9 Å². The van der Waals surface area contributed by atoms with Gasteiger partial charge in [0.15, 0.2) is 17.3 Å². The lowest BCUT2D eigenvalue weighted by atomic mass is 9.99. The summed E-state index contributed by atoms with van der Waals surface area (Å²) in [5.74, 6) is 1.65. The van der Waals surface area contributed by atoms with E-state index in [9.17, 15) is 4.79 Å². The summed E-state index contributed by atoms with van der Waals surface area (Å²) in [6.45, 7) is 0.500. The summed E-state index contributed by atoms with van der Waals surface area (Å²) in [4.78, 5) is 12.6. The van der Waals surface area contributed by atoms with Crippen LogP contribution in [-0.2, 0) is 9.53 Å². The van der Waals surface area contributed by atoms with Crippen LogP contribution in [0.1, 0.15) is 11.7 Å². The van der Waals surface area contributed by atoms with Gasteiger partial charge >= 0.3 is 0 Å². The number of ether oxygens (including phenoxy) is 5. The lowest BCUT2D eigenvalue weighted by molar-refractivity contribution is -0.125. The summed E-state index contributed by atoms with van der Waals surface area (Å²) < 4.78 is 27.5. The average molecular weight is 358 g/mol. The minimum atomic E-state index is -0.538. The minimum Gasteiger partial charge on any atom is -0.496 e. The maximum Gasteiger partial charge on any atom is 0.203 e. The quantitative estimate of drug-likeness (QED) is 0.758. The number of Topliss-reactive ketones (excluding diaryl/α,β-unsaturated/α-hetero) is 1. The van der Waals surface area contributed by atoms with Gasteiger partial charge in [0.1, 0.15) is 18.5 Å². The van der Waals surface area contributed by atoms with Crippen LogP contribution < -0.4 is 18.9 Å². The molecule has 2 atom stereocenters. The van der Waals surface area contributed by atoms with E-state index in [0.717, 1.165) is 5.56 Å². The predicted octanol–water partition coefficient (Wildman–Crippen LogP) is 3.05. The van der Waals surface area contributed by atoms with Crippen molar-refractivity contribution in [2.75, 3.05) is 34.5 Å². The molecule has 0 aliphatic carbocycles. The summed E-state index contributed by atoms with van der Waals surface area (Å²) >= 11 is 0. The normalized spacial score (nSPS) is 19.3. The van der Waals surface area contributed by atoms with Gasteiger partial charge in [-0.2, -0.15) is 0 Å². The Morgan fingerprint density at radius 2 is 1.65 bits per heavy atom. The fourth-order valence-electron chi connectivity index (χ4n) is 2.91. The second kappa shape index (κ2) is 8.10. The van der Waals surface area contributed by atoms with Crippen LogP contribution >= 0.6 is 0 Å². The van der Waals surface area contributed by atoms with Crippen LogP contribution in [0.2, 0.25) is 0 Å². The zero-order chi connectivity index (χ0) is 18.5. The van der Waals surface area contributed by atoms with E-state index in [-0.39, 0.29) is 18.3 Å². The minimum absolute atomic E-state index is 0.0163. The van der Waals surface area contributed by atoms with Crippen molar-refractivity contribution in [3.05, 3.63) is 48.0 Å². The first kappa shape index (κ1) is 18.1. The van der Waals surface area contributed by atoms with Crippen molar-refractivity contribution in [1.82, 2.24) is 0 Å². The smallest absolute Gasteiger partial charge is 0.203 e. The fourth-order valence-corrected chi connectivity index (χ4v) is 2.91. The molecule has 0 bridgehead atoms. The Morgan fingerprint density at radius 1 is 1.00 bits per heavy atom. The van der Waals surface area contributed by atoms with Gasteiger partial charge in [-0.05, 0) is 5.56 Å². The Morgan fingerprint density at radius 3 is 2.23 bits per heavy atom. The molecule has 0 saturated carbocycles. The Labute approximate surface area is 152 Å². The van der Waals surface area contributed by atoms with Crippen LogP contribution in [0.4, 0.5) is 0 Å². The molecule has 6 nitrogen and oxygen atoms in total. The van der Waals surface area contributed by atoms with Crippen LogP contribution in [0.25, 0.3) is 0 Å². The second-order valence-electron chi connectivity index (χ2n) is 5.90. The number of hydrogen-bond donors (Lipinski definition) is 0. The molecule has 1 saturated heterocycles. The zero-order valence-corrected chi connectivity index (χ0v) is 15.1.